The van der Waals surface area contributed by atoms with E-state index in [1.54, 1.807) is 0 Å². The maximum Gasteiger partial charge on any atom is 0.132 e. The minimum absolute atomic E-state index is 0.0805. The Hall–Kier alpha value is -1.36. The van der Waals surface area contributed by atoms with Gasteiger partial charge in [0.2, 0.25) is 0 Å². The first kappa shape index (κ1) is 14.7. The Kier molecular flexibility index (Phi) is 4.90. The van der Waals surface area contributed by atoms with Gasteiger partial charge in [-0.15, -0.1) is 0 Å². The fraction of sp³-hybridized carbons (Fsp3) is 0.692. The van der Waals surface area contributed by atoms with Gasteiger partial charge in [0.25, 0.3) is 0 Å². The van der Waals surface area contributed by atoms with Crippen LogP contribution in [0.2, 0.25) is 0 Å². The summed E-state index contributed by atoms with van der Waals surface area (Å²) >= 11 is 0. The first-order valence-electron chi connectivity index (χ1n) is 6.36. The summed E-state index contributed by atoms with van der Waals surface area (Å²) in [6.07, 6.45) is 0.835. The van der Waals surface area contributed by atoms with Crippen LogP contribution < -0.4 is 10.6 Å². The quantitative estimate of drug-likeness (QED) is 0.808. The Morgan fingerprint density at radius 1 is 1.22 bits per heavy atom. The lowest BCUT2D eigenvalue weighted by Gasteiger charge is -2.32. The van der Waals surface area contributed by atoms with E-state index in [9.17, 15) is 0 Å². The maximum absolute atomic E-state index is 4.48. The van der Waals surface area contributed by atoms with Gasteiger partial charge in [-0.05, 0) is 27.9 Å². The van der Waals surface area contributed by atoms with Crippen LogP contribution in [-0.2, 0) is 6.42 Å². The van der Waals surface area contributed by atoms with Gasteiger partial charge in [-0.3, -0.25) is 0 Å². The Morgan fingerprint density at radius 3 is 2.33 bits per heavy atom. The molecule has 0 spiro atoms. The molecule has 0 saturated heterocycles. The van der Waals surface area contributed by atoms with E-state index in [4.69, 9.17) is 0 Å². The smallest absolute Gasteiger partial charge is 0.132 e. The molecule has 0 amide bonds. The van der Waals surface area contributed by atoms with E-state index < -0.39 is 0 Å². The van der Waals surface area contributed by atoms with Crippen molar-refractivity contribution in [1.29, 1.82) is 0 Å². The van der Waals surface area contributed by atoms with Gasteiger partial charge in [0.1, 0.15) is 17.5 Å². The first-order valence-corrected chi connectivity index (χ1v) is 6.36. The molecule has 1 aromatic rings. The van der Waals surface area contributed by atoms with Crippen molar-refractivity contribution in [1.82, 2.24) is 14.9 Å². The zero-order chi connectivity index (χ0) is 13.8. The second kappa shape index (κ2) is 6.00. The van der Waals surface area contributed by atoms with Crippen molar-refractivity contribution in [2.75, 3.05) is 38.3 Å². The van der Waals surface area contributed by atoms with Crippen LogP contribution in [0.1, 0.15) is 26.6 Å². The minimum Gasteiger partial charge on any atom is -0.373 e. The van der Waals surface area contributed by atoms with E-state index in [0.29, 0.717) is 0 Å². The van der Waals surface area contributed by atoms with Crippen LogP contribution >= 0.6 is 0 Å². The van der Waals surface area contributed by atoms with Gasteiger partial charge in [-0.1, -0.05) is 6.92 Å². The minimum atomic E-state index is 0.0805. The largest absolute Gasteiger partial charge is 0.373 e. The first-order chi connectivity index (χ1) is 8.39. The van der Waals surface area contributed by atoms with Crippen molar-refractivity contribution >= 4 is 11.6 Å². The zero-order valence-corrected chi connectivity index (χ0v) is 12.3. The molecule has 0 fully saturated rings. The Bertz CT molecular complexity index is 365. The third kappa shape index (κ3) is 3.84. The third-order valence-electron chi connectivity index (χ3n) is 3.26. The molecule has 0 radical (unpaired) electrons. The zero-order valence-electron chi connectivity index (χ0n) is 12.3. The summed E-state index contributed by atoms with van der Waals surface area (Å²) in [5.41, 5.74) is 0.0805. The fourth-order valence-electron chi connectivity index (χ4n) is 1.34. The summed E-state index contributed by atoms with van der Waals surface area (Å²) < 4.78 is 0. The van der Waals surface area contributed by atoms with Gasteiger partial charge in [0, 0.05) is 31.6 Å². The summed E-state index contributed by atoms with van der Waals surface area (Å²) in [6, 6.07) is 1.94. The van der Waals surface area contributed by atoms with E-state index in [0.717, 1.165) is 30.4 Å². The van der Waals surface area contributed by atoms with Gasteiger partial charge in [-0.2, -0.15) is 0 Å². The highest BCUT2D eigenvalue weighted by atomic mass is 15.2. The van der Waals surface area contributed by atoms with Gasteiger partial charge in [0.15, 0.2) is 0 Å². The summed E-state index contributed by atoms with van der Waals surface area (Å²) in [7, 11) is 6.03. The molecular formula is C13H25N5. The SMILES string of the molecule is CCc1nc(NC)cc(NCC(C)(C)N(C)C)n1. The molecule has 0 aromatic carbocycles. The Labute approximate surface area is 110 Å². The molecule has 0 bridgehead atoms. The highest BCUT2D eigenvalue weighted by Gasteiger charge is 2.20. The predicted octanol–water partition coefficient (Wildman–Crippen LogP) is 1.83. The molecule has 1 aromatic heterocycles. The van der Waals surface area contributed by atoms with Crippen LogP contribution in [0.5, 0.6) is 0 Å². The number of nitrogens with one attached hydrogen (secondary N) is 2. The molecule has 2 N–H and O–H groups in total. The van der Waals surface area contributed by atoms with Crippen molar-refractivity contribution < 1.29 is 0 Å². The maximum atomic E-state index is 4.48. The van der Waals surface area contributed by atoms with Crippen molar-refractivity contribution in [3.63, 3.8) is 0 Å². The van der Waals surface area contributed by atoms with Crippen molar-refractivity contribution in [3.8, 4) is 0 Å². The van der Waals surface area contributed by atoms with Gasteiger partial charge in [0.05, 0.1) is 0 Å². The topological polar surface area (TPSA) is 53.1 Å². The summed E-state index contributed by atoms with van der Waals surface area (Å²) in [5.74, 6) is 2.58. The molecule has 0 aliphatic rings. The molecule has 0 unspecified atom stereocenters. The van der Waals surface area contributed by atoms with Crippen LogP contribution in [0, 0.1) is 0 Å². The number of rotatable bonds is 6. The fourth-order valence-corrected chi connectivity index (χ4v) is 1.34. The van der Waals surface area contributed by atoms with Gasteiger partial charge >= 0.3 is 0 Å². The molecule has 18 heavy (non-hydrogen) atoms. The van der Waals surface area contributed by atoms with Crippen LogP contribution in [-0.4, -0.2) is 48.1 Å². The highest BCUT2D eigenvalue weighted by molar-refractivity contribution is 5.47. The number of likely N-dealkylation sites (N-methyl/N-ethyl adjacent to an activating group) is 1. The van der Waals surface area contributed by atoms with Crippen molar-refractivity contribution in [2.24, 2.45) is 0 Å². The summed E-state index contributed by atoms with van der Waals surface area (Å²) in [6.45, 7) is 7.29. The van der Waals surface area contributed by atoms with Crippen LogP contribution in [0.3, 0.4) is 0 Å². The lowest BCUT2D eigenvalue weighted by atomic mass is 10.0. The normalized spacial score (nSPS) is 11.7. The number of nitrogens with zero attached hydrogens (tertiary/aromatic N) is 3. The molecule has 5 heteroatoms. The highest BCUT2D eigenvalue weighted by Crippen LogP contribution is 2.15. The average Bonchev–Trinajstić information content (AvgIpc) is 2.35. The Morgan fingerprint density at radius 2 is 1.83 bits per heavy atom. The second-order valence-electron chi connectivity index (χ2n) is 5.22. The third-order valence-corrected chi connectivity index (χ3v) is 3.26. The molecule has 5 nitrogen and oxygen atoms in total. The standard InChI is InChI=1S/C13H25N5/c1-7-10-16-11(14-4)8-12(17-10)15-9-13(2,3)18(5)6/h8H,7,9H2,1-6H3,(H2,14,15,16,17). The number of aromatic nitrogens is 2. The summed E-state index contributed by atoms with van der Waals surface area (Å²) in [4.78, 5) is 11.1. The number of aryl methyl sites for hydroxylation is 1. The van der Waals surface area contributed by atoms with Crippen molar-refractivity contribution in [2.45, 2.75) is 32.7 Å². The molecule has 1 rings (SSSR count). The van der Waals surface area contributed by atoms with Crippen LogP contribution in [0.4, 0.5) is 11.6 Å². The predicted molar refractivity (Wildman–Crippen MR) is 77.2 cm³/mol. The molecule has 102 valence electrons. The molecule has 0 aliphatic heterocycles. The van der Waals surface area contributed by atoms with E-state index in [-0.39, 0.29) is 5.54 Å². The average molecular weight is 251 g/mol. The van der Waals surface area contributed by atoms with E-state index >= 15 is 0 Å². The molecule has 0 saturated carbocycles. The number of hydrogen-bond acceptors (Lipinski definition) is 5. The van der Waals surface area contributed by atoms with E-state index in [1.165, 1.54) is 0 Å². The molecule has 1 heterocycles. The number of hydrogen-bond donors (Lipinski definition) is 2. The van der Waals surface area contributed by atoms with Gasteiger partial charge < -0.3 is 15.5 Å². The second-order valence-corrected chi connectivity index (χ2v) is 5.22. The lowest BCUT2D eigenvalue weighted by Crippen LogP contribution is -2.44. The molecule has 0 aliphatic carbocycles. The molecular weight excluding hydrogens is 226 g/mol. The monoisotopic (exact) mass is 251 g/mol. The number of anilines is 2. The molecule has 0 atom stereocenters. The van der Waals surface area contributed by atoms with Gasteiger partial charge in [-0.25, -0.2) is 9.97 Å². The Balaban J connectivity index is 2.78. The van der Waals surface area contributed by atoms with E-state index in [2.05, 4.69) is 60.4 Å². The van der Waals surface area contributed by atoms with Crippen molar-refractivity contribution in [3.05, 3.63) is 11.9 Å². The van der Waals surface area contributed by atoms with E-state index in [1.807, 2.05) is 13.1 Å². The van der Waals surface area contributed by atoms with Crippen LogP contribution in [0.15, 0.2) is 6.07 Å². The lowest BCUT2D eigenvalue weighted by molar-refractivity contribution is 0.210. The summed E-state index contributed by atoms with van der Waals surface area (Å²) in [5, 5.41) is 6.44. The van der Waals surface area contributed by atoms with Crippen LogP contribution in [0.25, 0.3) is 0 Å².